The minimum Gasteiger partial charge on any atom is -0.508 e. The van der Waals surface area contributed by atoms with Gasteiger partial charge in [-0.2, -0.15) is 0 Å². The molecule has 0 saturated heterocycles. The second kappa shape index (κ2) is 5.77. The molecule has 1 N–H and O–H groups in total. The van der Waals surface area contributed by atoms with Gasteiger partial charge in [-0.05, 0) is 59.6 Å². The molecule has 0 radical (unpaired) electrons. The van der Waals surface area contributed by atoms with E-state index in [0.717, 1.165) is 24.8 Å². The van der Waals surface area contributed by atoms with Crippen LogP contribution in [0, 0.1) is 0 Å². The number of phenolic OH excluding ortho intramolecular Hbond substituents is 1. The molecule has 2 atom stereocenters. The Morgan fingerprint density at radius 1 is 0.640 bits per heavy atom. The summed E-state index contributed by atoms with van der Waals surface area (Å²) in [5.41, 5.74) is 8.22. The van der Waals surface area contributed by atoms with E-state index >= 15 is 0 Å². The highest BCUT2D eigenvalue weighted by atomic mass is 16.3. The average molecular weight is 326 g/mol. The van der Waals surface area contributed by atoms with Crippen LogP contribution in [-0.2, 0) is 12.8 Å². The third-order valence-electron chi connectivity index (χ3n) is 6.10. The smallest absolute Gasteiger partial charge is 0.119 e. The van der Waals surface area contributed by atoms with Crippen LogP contribution in [0.5, 0.6) is 5.75 Å². The minimum absolute atomic E-state index is 0.327. The highest BCUT2D eigenvalue weighted by Gasteiger charge is 2.28. The number of hydrogen-bond donors (Lipinski definition) is 1. The van der Waals surface area contributed by atoms with Crippen LogP contribution < -0.4 is 0 Å². The van der Waals surface area contributed by atoms with Crippen LogP contribution in [0.15, 0.2) is 66.7 Å². The van der Waals surface area contributed by atoms with E-state index in [-0.39, 0.29) is 0 Å². The summed E-state index contributed by atoms with van der Waals surface area (Å²) in [6, 6.07) is 23.8. The largest absolute Gasteiger partial charge is 0.508 e. The van der Waals surface area contributed by atoms with E-state index in [0.29, 0.717) is 17.6 Å². The zero-order valence-electron chi connectivity index (χ0n) is 14.3. The molecule has 0 aliphatic heterocycles. The molecule has 0 spiro atoms. The highest BCUT2D eigenvalue weighted by molar-refractivity contribution is 5.51. The Kier molecular flexibility index (Phi) is 3.41. The van der Waals surface area contributed by atoms with Gasteiger partial charge in [0.15, 0.2) is 0 Å². The van der Waals surface area contributed by atoms with Crippen molar-refractivity contribution in [2.75, 3.05) is 0 Å². The fourth-order valence-electron chi connectivity index (χ4n) is 4.85. The Bertz CT molecular complexity index is 940. The zero-order valence-corrected chi connectivity index (χ0v) is 14.3. The van der Waals surface area contributed by atoms with Crippen molar-refractivity contribution < 1.29 is 5.11 Å². The topological polar surface area (TPSA) is 20.2 Å². The molecule has 0 fully saturated rings. The second-order valence-corrected chi connectivity index (χ2v) is 7.40. The van der Waals surface area contributed by atoms with Crippen molar-refractivity contribution in [3.05, 3.63) is 100 Å². The lowest BCUT2D eigenvalue weighted by Gasteiger charge is -2.18. The maximum absolute atomic E-state index is 10.6. The minimum atomic E-state index is 0.327. The first kappa shape index (κ1) is 14.8. The lowest BCUT2D eigenvalue weighted by Crippen LogP contribution is -2.01. The first-order valence-corrected chi connectivity index (χ1v) is 9.29. The first-order chi connectivity index (χ1) is 12.3. The van der Waals surface area contributed by atoms with Crippen LogP contribution in [-0.4, -0.2) is 5.11 Å². The fourth-order valence-corrected chi connectivity index (χ4v) is 4.85. The molecule has 2 aliphatic carbocycles. The predicted molar refractivity (Wildman–Crippen MR) is 101 cm³/mol. The van der Waals surface area contributed by atoms with E-state index < -0.39 is 0 Å². The summed E-state index contributed by atoms with van der Waals surface area (Å²) >= 11 is 0. The van der Waals surface area contributed by atoms with Crippen LogP contribution in [0.2, 0.25) is 0 Å². The number of aryl methyl sites for hydroxylation is 2. The van der Waals surface area contributed by atoms with Gasteiger partial charge in [0.1, 0.15) is 5.75 Å². The lowest BCUT2D eigenvalue weighted by molar-refractivity contribution is 0.464. The molecule has 5 rings (SSSR count). The fraction of sp³-hybridized carbons (Fsp3) is 0.250. The molecule has 0 unspecified atom stereocenters. The number of fused-ring (bicyclic) bond motifs is 2. The Morgan fingerprint density at radius 3 is 1.96 bits per heavy atom. The summed E-state index contributed by atoms with van der Waals surface area (Å²) in [5, 5.41) is 10.6. The predicted octanol–water partition coefficient (Wildman–Crippen LogP) is 5.55. The number of aromatic hydroxyl groups is 1. The number of hydrogen-bond acceptors (Lipinski definition) is 1. The van der Waals surface area contributed by atoms with Crippen molar-refractivity contribution in [2.45, 2.75) is 37.5 Å². The second-order valence-electron chi connectivity index (χ2n) is 7.40. The summed E-state index contributed by atoms with van der Waals surface area (Å²) in [5.74, 6) is 1.23. The van der Waals surface area contributed by atoms with Crippen molar-refractivity contribution in [1.29, 1.82) is 0 Å². The summed E-state index contributed by atoms with van der Waals surface area (Å²) in [4.78, 5) is 0. The molecule has 124 valence electrons. The first-order valence-electron chi connectivity index (χ1n) is 9.29. The molecular formula is C24H22O. The van der Waals surface area contributed by atoms with Gasteiger partial charge >= 0.3 is 0 Å². The van der Waals surface area contributed by atoms with E-state index in [1.807, 2.05) is 6.07 Å². The van der Waals surface area contributed by atoms with E-state index in [1.54, 1.807) is 0 Å². The zero-order chi connectivity index (χ0) is 16.8. The van der Waals surface area contributed by atoms with Crippen molar-refractivity contribution in [3.8, 4) is 5.75 Å². The van der Waals surface area contributed by atoms with Crippen molar-refractivity contribution >= 4 is 0 Å². The monoisotopic (exact) mass is 326 g/mol. The quantitative estimate of drug-likeness (QED) is 0.655. The summed E-state index contributed by atoms with van der Waals surface area (Å²) in [7, 11) is 0. The standard InChI is InChI=1S/C24H22O/c25-24-14-11-18(21-12-9-16-5-1-3-7-19(16)21)15-23(24)22-13-10-17-6-2-4-8-20(17)22/h1-8,11,14-15,21-22,25H,9-10,12-13H2/t21-,22+/m0/s1. The molecule has 0 saturated carbocycles. The molecule has 3 aromatic carbocycles. The van der Waals surface area contributed by atoms with Crippen molar-refractivity contribution in [3.63, 3.8) is 0 Å². The van der Waals surface area contributed by atoms with Gasteiger partial charge in [0, 0.05) is 17.4 Å². The Hall–Kier alpha value is -2.54. The molecule has 0 heterocycles. The van der Waals surface area contributed by atoms with Crippen molar-refractivity contribution in [1.82, 2.24) is 0 Å². The maximum Gasteiger partial charge on any atom is 0.119 e. The molecule has 1 nitrogen and oxygen atoms in total. The van der Waals surface area contributed by atoms with E-state index in [1.165, 1.54) is 34.2 Å². The van der Waals surface area contributed by atoms with Gasteiger partial charge in [0.25, 0.3) is 0 Å². The average Bonchev–Trinajstić information content (AvgIpc) is 3.26. The Balaban J connectivity index is 1.57. The molecule has 0 bridgehead atoms. The van der Waals surface area contributed by atoms with Gasteiger partial charge in [0.05, 0.1) is 0 Å². The summed E-state index contributed by atoms with van der Waals surface area (Å²) in [6.07, 6.45) is 4.53. The molecular weight excluding hydrogens is 304 g/mol. The molecule has 1 heteroatoms. The molecule has 3 aromatic rings. The van der Waals surface area contributed by atoms with Crippen molar-refractivity contribution in [2.24, 2.45) is 0 Å². The normalized spacial score (nSPS) is 21.1. The molecule has 25 heavy (non-hydrogen) atoms. The lowest BCUT2D eigenvalue weighted by atomic mass is 9.86. The van der Waals surface area contributed by atoms with Gasteiger partial charge in [0.2, 0.25) is 0 Å². The van der Waals surface area contributed by atoms with Crippen LogP contribution in [0.25, 0.3) is 0 Å². The highest BCUT2D eigenvalue weighted by Crippen LogP contribution is 2.44. The van der Waals surface area contributed by atoms with Crippen LogP contribution in [0.1, 0.15) is 58.1 Å². The van der Waals surface area contributed by atoms with Crippen LogP contribution in [0.4, 0.5) is 0 Å². The molecule has 2 aliphatic rings. The van der Waals surface area contributed by atoms with Gasteiger partial charge in [-0.25, -0.2) is 0 Å². The van der Waals surface area contributed by atoms with E-state index in [2.05, 4.69) is 60.7 Å². The Morgan fingerprint density at radius 2 is 1.24 bits per heavy atom. The van der Waals surface area contributed by atoms with Crippen LogP contribution in [0.3, 0.4) is 0 Å². The SMILES string of the molecule is Oc1ccc([C@@H]2CCc3ccccc32)cc1[C@@H]1CCc2ccccc21. The van der Waals surface area contributed by atoms with Gasteiger partial charge in [-0.3, -0.25) is 0 Å². The number of phenols is 1. The van der Waals surface area contributed by atoms with Gasteiger partial charge in [-0.1, -0.05) is 60.7 Å². The van der Waals surface area contributed by atoms with Gasteiger partial charge < -0.3 is 5.11 Å². The number of rotatable bonds is 2. The maximum atomic E-state index is 10.6. The van der Waals surface area contributed by atoms with E-state index in [9.17, 15) is 5.11 Å². The summed E-state index contributed by atoms with van der Waals surface area (Å²) in [6.45, 7) is 0. The third-order valence-corrected chi connectivity index (χ3v) is 6.10. The van der Waals surface area contributed by atoms with Crippen LogP contribution >= 0.6 is 0 Å². The van der Waals surface area contributed by atoms with E-state index in [4.69, 9.17) is 0 Å². The van der Waals surface area contributed by atoms with Gasteiger partial charge in [-0.15, -0.1) is 0 Å². The number of benzene rings is 3. The molecule has 0 aromatic heterocycles. The third kappa shape index (κ3) is 2.38. The summed E-state index contributed by atoms with van der Waals surface area (Å²) < 4.78 is 0. The molecule has 0 amide bonds. The Labute approximate surface area is 149 Å².